The molecular weight excluding hydrogens is 270 g/mol. The van der Waals surface area contributed by atoms with E-state index in [1.807, 2.05) is 20.8 Å². The van der Waals surface area contributed by atoms with Crippen LogP contribution in [0.2, 0.25) is 0 Å². The Morgan fingerprint density at radius 3 is 2.67 bits per heavy atom. The first-order valence-corrected chi connectivity index (χ1v) is 7.91. The summed E-state index contributed by atoms with van der Waals surface area (Å²) in [4.78, 5) is 17.5. The zero-order valence-electron chi connectivity index (χ0n) is 13.1. The summed E-state index contributed by atoms with van der Waals surface area (Å²) in [6, 6.07) is 0. The van der Waals surface area contributed by atoms with E-state index < -0.39 is 11.6 Å². The van der Waals surface area contributed by atoms with Crippen LogP contribution in [0.3, 0.4) is 0 Å². The van der Waals surface area contributed by atoms with Crippen molar-refractivity contribution in [1.82, 2.24) is 0 Å². The van der Waals surface area contributed by atoms with E-state index in [1.165, 1.54) is 0 Å². The molecule has 5 heteroatoms. The molecular formula is C16H25NO4. The average Bonchev–Trinajstić information content (AvgIpc) is 2.92. The molecule has 118 valence electrons. The molecule has 0 bridgehead atoms. The number of hydrogen-bond donors (Lipinski definition) is 1. The van der Waals surface area contributed by atoms with Crippen molar-refractivity contribution >= 4 is 11.7 Å². The van der Waals surface area contributed by atoms with Crippen molar-refractivity contribution in [3.05, 3.63) is 11.3 Å². The fourth-order valence-electron chi connectivity index (χ4n) is 3.26. The normalized spacial score (nSPS) is 25.4. The van der Waals surface area contributed by atoms with E-state index in [0.29, 0.717) is 18.7 Å². The Hall–Kier alpha value is -1.52. The Morgan fingerprint density at radius 1 is 1.43 bits per heavy atom. The minimum absolute atomic E-state index is 0.111. The maximum atomic E-state index is 12.4. The standard InChI is InChI=1S/C16H25NO4/c1-4-8-12(17-20-5-2)13-14(18)11(3)16(21-15(13)19)9-6-7-10-16/h11,18H,4-10H2,1-3H3. The molecule has 1 saturated carbocycles. The molecule has 1 aliphatic carbocycles. The van der Waals surface area contributed by atoms with Crippen LogP contribution < -0.4 is 0 Å². The summed E-state index contributed by atoms with van der Waals surface area (Å²) in [6.45, 7) is 6.18. The molecule has 1 heterocycles. The highest BCUT2D eigenvalue weighted by atomic mass is 16.6. The summed E-state index contributed by atoms with van der Waals surface area (Å²) >= 11 is 0. The fraction of sp³-hybridized carbons (Fsp3) is 0.750. The van der Waals surface area contributed by atoms with E-state index in [-0.39, 0.29) is 17.3 Å². The monoisotopic (exact) mass is 295 g/mol. The number of carbonyl (C=O) groups excluding carboxylic acids is 1. The van der Waals surface area contributed by atoms with Gasteiger partial charge in [-0.15, -0.1) is 0 Å². The number of rotatable bonds is 5. The Kier molecular flexibility index (Phi) is 4.91. The van der Waals surface area contributed by atoms with Gasteiger partial charge in [0, 0.05) is 0 Å². The first kappa shape index (κ1) is 15.9. The highest BCUT2D eigenvalue weighted by Crippen LogP contribution is 2.45. The van der Waals surface area contributed by atoms with Crippen LogP contribution in [0.5, 0.6) is 0 Å². The zero-order valence-corrected chi connectivity index (χ0v) is 13.1. The number of oxime groups is 1. The number of carbonyl (C=O) groups is 1. The summed E-state index contributed by atoms with van der Waals surface area (Å²) in [5.74, 6) is -0.532. The maximum absolute atomic E-state index is 12.4. The van der Waals surface area contributed by atoms with Crippen molar-refractivity contribution in [3.63, 3.8) is 0 Å². The van der Waals surface area contributed by atoms with E-state index in [0.717, 1.165) is 32.1 Å². The SMILES string of the molecule is CCCC(=NOCC)C1=C(O)C(C)C2(CCCC2)OC1=O. The van der Waals surface area contributed by atoms with Crippen LogP contribution in [-0.2, 0) is 14.4 Å². The number of esters is 1. The number of hydrogen-bond acceptors (Lipinski definition) is 5. The molecule has 0 aromatic rings. The molecule has 0 amide bonds. The van der Waals surface area contributed by atoms with E-state index in [1.54, 1.807) is 0 Å². The third-order valence-electron chi connectivity index (χ3n) is 4.48. The highest BCUT2D eigenvalue weighted by Gasteiger charge is 2.50. The molecule has 0 saturated heterocycles. The molecule has 21 heavy (non-hydrogen) atoms. The number of ether oxygens (including phenoxy) is 1. The number of nitrogens with zero attached hydrogens (tertiary/aromatic N) is 1. The van der Waals surface area contributed by atoms with Gasteiger partial charge in [0.15, 0.2) is 0 Å². The first-order valence-electron chi connectivity index (χ1n) is 7.91. The van der Waals surface area contributed by atoms with E-state index >= 15 is 0 Å². The van der Waals surface area contributed by atoms with Gasteiger partial charge in [0.2, 0.25) is 0 Å². The molecule has 1 N–H and O–H groups in total. The van der Waals surface area contributed by atoms with Crippen molar-refractivity contribution < 1.29 is 19.5 Å². The molecule has 2 aliphatic rings. The second-order valence-corrected chi connectivity index (χ2v) is 5.85. The topological polar surface area (TPSA) is 68.1 Å². The van der Waals surface area contributed by atoms with Crippen LogP contribution in [0.15, 0.2) is 16.5 Å². The summed E-state index contributed by atoms with van der Waals surface area (Å²) in [5, 5.41) is 14.6. The quantitative estimate of drug-likeness (QED) is 0.479. The van der Waals surface area contributed by atoms with Crippen LogP contribution in [-0.4, -0.2) is 29.0 Å². The molecule has 1 atom stereocenters. The van der Waals surface area contributed by atoms with Crippen molar-refractivity contribution in [2.75, 3.05) is 6.61 Å². The van der Waals surface area contributed by atoms with Gasteiger partial charge in [-0.05, 0) is 39.0 Å². The number of aliphatic hydroxyl groups excluding tert-OH is 1. The van der Waals surface area contributed by atoms with Crippen LogP contribution >= 0.6 is 0 Å². The smallest absolute Gasteiger partial charge is 0.344 e. The van der Waals surface area contributed by atoms with Gasteiger partial charge in [0.25, 0.3) is 0 Å². The predicted octanol–water partition coefficient (Wildman–Crippen LogP) is 3.50. The van der Waals surface area contributed by atoms with Gasteiger partial charge >= 0.3 is 5.97 Å². The van der Waals surface area contributed by atoms with Crippen molar-refractivity contribution in [2.24, 2.45) is 11.1 Å². The minimum Gasteiger partial charge on any atom is -0.511 e. The fourth-order valence-corrected chi connectivity index (χ4v) is 3.26. The van der Waals surface area contributed by atoms with E-state index in [2.05, 4.69) is 5.16 Å². The van der Waals surface area contributed by atoms with Gasteiger partial charge in [0.1, 0.15) is 23.5 Å². The molecule has 0 aromatic heterocycles. The first-order chi connectivity index (χ1) is 10.1. The van der Waals surface area contributed by atoms with Gasteiger partial charge in [0.05, 0.1) is 11.6 Å². The van der Waals surface area contributed by atoms with Crippen molar-refractivity contribution in [3.8, 4) is 0 Å². The summed E-state index contributed by atoms with van der Waals surface area (Å²) in [6.07, 6.45) is 5.11. The molecule has 1 spiro atoms. The molecule has 2 rings (SSSR count). The highest BCUT2D eigenvalue weighted by molar-refractivity contribution is 6.20. The Morgan fingerprint density at radius 2 is 2.10 bits per heavy atom. The van der Waals surface area contributed by atoms with Gasteiger partial charge in [-0.2, -0.15) is 0 Å². The lowest BCUT2D eigenvalue weighted by molar-refractivity contribution is -0.163. The second kappa shape index (κ2) is 6.50. The summed E-state index contributed by atoms with van der Waals surface area (Å²) in [7, 11) is 0. The van der Waals surface area contributed by atoms with Gasteiger partial charge in [-0.25, -0.2) is 4.79 Å². The summed E-state index contributed by atoms with van der Waals surface area (Å²) in [5.41, 5.74) is 0.171. The lowest BCUT2D eigenvalue weighted by Crippen LogP contribution is -2.45. The van der Waals surface area contributed by atoms with Crippen molar-refractivity contribution in [1.29, 1.82) is 0 Å². The molecule has 0 aromatic carbocycles. The predicted molar refractivity (Wildman–Crippen MR) is 80.1 cm³/mol. The van der Waals surface area contributed by atoms with Crippen LogP contribution in [0, 0.1) is 5.92 Å². The largest absolute Gasteiger partial charge is 0.511 e. The van der Waals surface area contributed by atoms with E-state index in [9.17, 15) is 9.90 Å². The molecule has 1 aliphatic heterocycles. The lowest BCUT2D eigenvalue weighted by Gasteiger charge is -2.39. The average molecular weight is 295 g/mol. The zero-order chi connectivity index (χ0) is 15.5. The molecule has 0 radical (unpaired) electrons. The van der Waals surface area contributed by atoms with Gasteiger partial charge in [-0.3, -0.25) is 0 Å². The Labute approximate surface area is 126 Å². The van der Waals surface area contributed by atoms with Crippen molar-refractivity contribution in [2.45, 2.75) is 64.9 Å². The minimum atomic E-state index is -0.520. The van der Waals surface area contributed by atoms with Gasteiger partial charge in [-0.1, -0.05) is 25.4 Å². The van der Waals surface area contributed by atoms with Gasteiger partial charge < -0.3 is 14.7 Å². The molecule has 1 fully saturated rings. The lowest BCUT2D eigenvalue weighted by atomic mass is 9.81. The third kappa shape index (κ3) is 2.92. The van der Waals surface area contributed by atoms with Crippen LogP contribution in [0.1, 0.15) is 59.3 Å². The van der Waals surface area contributed by atoms with Crippen LogP contribution in [0.4, 0.5) is 0 Å². The summed E-state index contributed by atoms with van der Waals surface area (Å²) < 4.78 is 5.74. The Bertz CT molecular complexity index is 461. The second-order valence-electron chi connectivity index (χ2n) is 5.85. The number of aliphatic hydroxyl groups is 1. The third-order valence-corrected chi connectivity index (χ3v) is 4.48. The molecule has 1 unspecified atom stereocenters. The maximum Gasteiger partial charge on any atom is 0.344 e. The molecule has 5 nitrogen and oxygen atoms in total. The Balaban J connectivity index is 2.36. The van der Waals surface area contributed by atoms with E-state index in [4.69, 9.17) is 9.57 Å². The van der Waals surface area contributed by atoms with Crippen LogP contribution in [0.25, 0.3) is 0 Å².